The molecule has 1 aromatic carbocycles. The number of benzene rings is 1. The summed E-state index contributed by atoms with van der Waals surface area (Å²) in [7, 11) is 0. The number of nitrogens with zero attached hydrogens (tertiary/aromatic N) is 2. The van der Waals surface area contributed by atoms with Crippen LogP contribution in [0.5, 0.6) is 0 Å². The zero-order valence-corrected chi connectivity index (χ0v) is 10.9. The predicted molar refractivity (Wildman–Crippen MR) is 70.9 cm³/mol. The van der Waals surface area contributed by atoms with Crippen LogP contribution in [-0.4, -0.2) is 15.2 Å². The Bertz CT molecular complexity index is 536. The lowest BCUT2D eigenvalue weighted by Crippen LogP contribution is -2.11. The van der Waals surface area contributed by atoms with E-state index < -0.39 is 0 Å². The van der Waals surface area contributed by atoms with Crippen LogP contribution in [-0.2, 0) is 6.42 Å². The number of nitrogens with two attached hydrogens (primary N) is 1. The summed E-state index contributed by atoms with van der Waals surface area (Å²) in [4.78, 5) is 5.33. The van der Waals surface area contributed by atoms with E-state index in [1.54, 1.807) is 0 Å². The quantitative estimate of drug-likeness (QED) is 0.657. The highest BCUT2D eigenvalue weighted by Crippen LogP contribution is 2.31. The van der Waals surface area contributed by atoms with Crippen LogP contribution >= 0.6 is 23.3 Å². The third-order valence-electron chi connectivity index (χ3n) is 2.14. The maximum Gasteiger partial charge on any atom is 0.174 e. The van der Waals surface area contributed by atoms with E-state index in [4.69, 9.17) is 11.1 Å². The van der Waals surface area contributed by atoms with E-state index in [1.807, 2.05) is 31.2 Å². The maximum atomic E-state index is 7.52. The van der Waals surface area contributed by atoms with Gasteiger partial charge in [0.15, 0.2) is 4.34 Å². The smallest absolute Gasteiger partial charge is 0.174 e. The summed E-state index contributed by atoms with van der Waals surface area (Å²) in [5, 5.41) is 7.52. The van der Waals surface area contributed by atoms with E-state index >= 15 is 0 Å². The van der Waals surface area contributed by atoms with Crippen molar-refractivity contribution in [3.63, 3.8) is 0 Å². The van der Waals surface area contributed by atoms with Gasteiger partial charge in [0.1, 0.15) is 11.7 Å². The summed E-state index contributed by atoms with van der Waals surface area (Å²) >= 11 is 2.88. The average Bonchev–Trinajstić information content (AvgIpc) is 2.77. The first kappa shape index (κ1) is 12.1. The first-order valence-electron chi connectivity index (χ1n) is 5.14. The van der Waals surface area contributed by atoms with Crippen molar-refractivity contribution in [1.29, 1.82) is 5.41 Å². The van der Waals surface area contributed by atoms with E-state index in [-0.39, 0.29) is 5.84 Å². The lowest BCUT2D eigenvalue weighted by molar-refractivity contribution is 0.971. The molecule has 3 N–H and O–H groups in total. The summed E-state index contributed by atoms with van der Waals surface area (Å²) in [6, 6.07) is 7.58. The van der Waals surface area contributed by atoms with Gasteiger partial charge in [0, 0.05) is 16.9 Å². The minimum Gasteiger partial charge on any atom is -0.384 e. The molecular weight excluding hydrogens is 252 g/mol. The Morgan fingerprint density at radius 2 is 2.24 bits per heavy atom. The van der Waals surface area contributed by atoms with Crippen molar-refractivity contribution >= 4 is 29.1 Å². The highest BCUT2D eigenvalue weighted by Gasteiger charge is 2.09. The normalized spacial score (nSPS) is 10.4. The van der Waals surface area contributed by atoms with Crippen LogP contribution in [0.4, 0.5) is 0 Å². The van der Waals surface area contributed by atoms with Crippen molar-refractivity contribution < 1.29 is 0 Å². The van der Waals surface area contributed by atoms with E-state index in [9.17, 15) is 0 Å². The zero-order valence-electron chi connectivity index (χ0n) is 9.30. The van der Waals surface area contributed by atoms with Gasteiger partial charge in [-0.2, -0.15) is 4.37 Å². The van der Waals surface area contributed by atoms with Gasteiger partial charge in [0.2, 0.25) is 0 Å². The third kappa shape index (κ3) is 2.83. The van der Waals surface area contributed by atoms with Gasteiger partial charge in [-0.3, -0.25) is 5.41 Å². The van der Waals surface area contributed by atoms with Crippen LogP contribution < -0.4 is 5.73 Å². The predicted octanol–water partition coefficient (Wildman–Crippen LogP) is 2.54. The summed E-state index contributed by atoms with van der Waals surface area (Å²) in [5.74, 6) is 0.936. The number of nitrogens with one attached hydrogen (secondary N) is 1. The molecule has 17 heavy (non-hydrogen) atoms. The van der Waals surface area contributed by atoms with E-state index in [1.165, 1.54) is 23.3 Å². The first-order chi connectivity index (χ1) is 8.20. The number of aromatic nitrogens is 2. The van der Waals surface area contributed by atoms with Gasteiger partial charge in [0.25, 0.3) is 0 Å². The van der Waals surface area contributed by atoms with Crippen LogP contribution in [0.1, 0.15) is 18.3 Å². The van der Waals surface area contributed by atoms with Gasteiger partial charge < -0.3 is 5.73 Å². The van der Waals surface area contributed by atoms with Gasteiger partial charge in [-0.05, 0) is 17.6 Å². The highest BCUT2D eigenvalue weighted by atomic mass is 32.2. The van der Waals surface area contributed by atoms with Gasteiger partial charge in [-0.15, -0.1) is 0 Å². The Kier molecular flexibility index (Phi) is 3.75. The van der Waals surface area contributed by atoms with Crippen molar-refractivity contribution in [2.45, 2.75) is 22.6 Å². The van der Waals surface area contributed by atoms with Gasteiger partial charge in [-0.1, -0.05) is 36.9 Å². The van der Waals surface area contributed by atoms with Crippen LogP contribution in [0, 0.1) is 5.41 Å². The second-order valence-corrected chi connectivity index (χ2v) is 5.38. The molecule has 6 heteroatoms. The molecule has 1 heterocycles. The lowest BCUT2D eigenvalue weighted by atomic mass is 10.2. The summed E-state index contributed by atoms with van der Waals surface area (Å²) < 4.78 is 5.11. The molecule has 0 amide bonds. The van der Waals surface area contributed by atoms with Crippen LogP contribution in [0.3, 0.4) is 0 Å². The van der Waals surface area contributed by atoms with Gasteiger partial charge >= 0.3 is 0 Å². The van der Waals surface area contributed by atoms with Crippen molar-refractivity contribution in [1.82, 2.24) is 9.36 Å². The summed E-state index contributed by atoms with van der Waals surface area (Å²) in [6.07, 6.45) is 0.839. The molecule has 88 valence electrons. The lowest BCUT2D eigenvalue weighted by Gasteiger charge is -2.04. The molecule has 2 aromatic rings. The van der Waals surface area contributed by atoms with Crippen LogP contribution in [0.15, 0.2) is 33.5 Å². The fourth-order valence-electron chi connectivity index (χ4n) is 1.30. The highest BCUT2D eigenvalue weighted by molar-refractivity contribution is 8.01. The monoisotopic (exact) mass is 264 g/mol. The largest absolute Gasteiger partial charge is 0.384 e. The molecule has 1 aromatic heterocycles. The van der Waals surface area contributed by atoms with Crippen molar-refractivity contribution in [3.05, 3.63) is 35.7 Å². The van der Waals surface area contributed by atoms with E-state index in [2.05, 4.69) is 9.36 Å². The number of aryl methyl sites for hydroxylation is 1. The molecule has 0 atom stereocenters. The molecule has 0 aliphatic heterocycles. The van der Waals surface area contributed by atoms with Gasteiger partial charge in [0.05, 0.1) is 0 Å². The standard InChI is InChI=1S/C11H12N4S2/c1-2-9-14-11(17-15-9)16-8-6-4-3-5-7(8)10(12)13/h3-6H,2H2,1H3,(H3,12,13). The Balaban J connectivity index is 2.26. The third-order valence-corrected chi connectivity index (χ3v) is 4.01. The maximum absolute atomic E-state index is 7.52. The minimum atomic E-state index is 0.0772. The molecule has 0 saturated carbocycles. The molecule has 0 unspecified atom stereocenters. The molecule has 2 rings (SSSR count). The van der Waals surface area contributed by atoms with Crippen molar-refractivity contribution in [3.8, 4) is 0 Å². The summed E-state index contributed by atoms with van der Waals surface area (Å²) in [5.41, 5.74) is 6.28. The average molecular weight is 264 g/mol. The SMILES string of the molecule is CCc1nsc(Sc2ccccc2C(=N)N)n1. The molecule has 0 aliphatic carbocycles. The van der Waals surface area contributed by atoms with Crippen molar-refractivity contribution in [2.24, 2.45) is 5.73 Å². The van der Waals surface area contributed by atoms with Gasteiger partial charge in [-0.25, -0.2) is 4.98 Å². The zero-order chi connectivity index (χ0) is 12.3. The molecule has 0 fully saturated rings. The number of nitrogen functional groups attached to an aromatic ring is 1. The van der Waals surface area contributed by atoms with E-state index in [0.717, 1.165) is 27.0 Å². The summed E-state index contributed by atoms with van der Waals surface area (Å²) in [6.45, 7) is 2.03. The molecular formula is C11H12N4S2. The second kappa shape index (κ2) is 5.29. The van der Waals surface area contributed by atoms with E-state index in [0.29, 0.717) is 0 Å². The fourth-order valence-corrected chi connectivity index (χ4v) is 3.10. The molecule has 0 aliphatic rings. The number of rotatable bonds is 4. The Morgan fingerprint density at radius 1 is 1.47 bits per heavy atom. The van der Waals surface area contributed by atoms with Crippen LogP contribution in [0.2, 0.25) is 0 Å². The Labute approximate surface area is 108 Å². The molecule has 0 saturated heterocycles. The first-order valence-corrected chi connectivity index (χ1v) is 6.73. The number of amidine groups is 1. The molecule has 0 radical (unpaired) electrons. The van der Waals surface area contributed by atoms with Crippen molar-refractivity contribution in [2.75, 3.05) is 0 Å². The van der Waals surface area contributed by atoms with Crippen LogP contribution in [0.25, 0.3) is 0 Å². The molecule has 4 nitrogen and oxygen atoms in total. The minimum absolute atomic E-state index is 0.0772. The Morgan fingerprint density at radius 3 is 2.88 bits per heavy atom. The fraction of sp³-hybridized carbons (Fsp3) is 0.182. The topological polar surface area (TPSA) is 75.7 Å². The molecule has 0 bridgehead atoms. The number of hydrogen-bond acceptors (Lipinski definition) is 5. The second-order valence-electron chi connectivity index (χ2n) is 3.34. The Hall–Kier alpha value is -1.40. The molecule has 0 spiro atoms. The number of hydrogen-bond donors (Lipinski definition) is 2.